The Morgan fingerprint density at radius 1 is 1.29 bits per heavy atom. The second kappa shape index (κ2) is 5.93. The zero-order valence-corrected chi connectivity index (χ0v) is 11.1. The summed E-state index contributed by atoms with van der Waals surface area (Å²) < 4.78 is 1.90. The zero-order valence-electron chi connectivity index (χ0n) is 10.3. The van der Waals surface area contributed by atoms with Gasteiger partial charge in [-0.3, -0.25) is 0 Å². The van der Waals surface area contributed by atoms with Crippen molar-refractivity contribution >= 4 is 11.3 Å². The summed E-state index contributed by atoms with van der Waals surface area (Å²) in [5.41, 5.74) is 0.999. The van der Waals surface area contributed by atoms with E-state index in [-0.39, 0.29) is 0 Å². The van der Waals surface area contributed by atoms with Crippen molar-refractivity contribution in [3.63, 3.8) is 0 Å². The summed E-state index contributed by atoms with van der Waals surface area (Å²) in [4.78, 5) is 2.76. The third kappa shape index (κ3) is 3.38. The fourth-order valence-corrected chi connectivity index (χ4v) is 2.56. The summed E-state index contributed by atoms with van der Waals surface area (Å²) >= 11 is 1.85. The maximum atomic E-state index is 4.13. The monoisotopic (exact) mass is 250 g/mol. The Morgan fingerprint density at radius 3 is 2.82 bits per heavy atom. The lowest BCUT2D eigenvalue weighted by molar-refractivity contribution is 0.654. The Labute approximate surface area is 106 Å². The predicted octanol–water partition coefficient (Wildman–Crippen LogP) is 2.06. The van der Waals surface area contributed by atoms with Crippen molar-refractivity contribution in [2.75, 3.05) is 6.54 Å². The normalized spacial score (nSPS) is 10.9. The molecule has 0 fully saturated rings. The van der Waals surface area contributed by atoms with Crippen LogP contribution in [0, 0.1) is 0 Å². The molecule has 0 aliphatic heterocycles. The smallest absolute Gasteiger partial charge is 0.0964 e. The molecule has 0 radical (unpaired) electrons. The minimum absolute atomic E-state index is 0.793. The maximum absolute atomic E-state index is 4.13. The Morgan fingerprint density at radius 2 is 2.12 bits per heavy atom. The summed E-state index contributed by atoms with van der Waals surface area (Å²) in [5, 5.41) is 11.5. The van der Waals surface area contributed by atoms with E-state index in [2.05, 4.69) is 41.6 Å². The van der Waals surface area contributed by atoms with Crippen LogP contribution in [-0.2, 0) is 19.5 Å². The van der Waals surface area contributed by atoms with E-state index in [9.17, 15) is 0 Å². The van der Waals surface area contributed by atoms with Crippen LogP contribution in [0.2, 0.25) is 0 Å². The van der Waals surface area contributed by atoms with Crippen molar-refractivity contribution in [2.24, 2.45) is 0 Å². The van der Waals surface area contributed by atoms with Gasteiger partial charge in [-0.05, 0) is 25.1 Å². The van der Waals surface area contributed by atoms with Gasteiger partial charge in [-0.1, -0.05) is 19.1 Å². The molecule has 2 aromatic rings. The SMILES string of the molecule is CCNCc1cn(Cc2ccc(CC)s2)nn1. The Hall–Kier alpha value is -1.20. The molecule has 2 aromatic heterocycles. The minimum atomic E-state index is 0.793. The average Bonchev–Trinajstić information content (AvgIpc) is 2.96. The van der Waals surface area contributed by atoms with E-state index in [1.165, 1.54) is 9.75 Å². The molecule has 0 amide bonds. The molecule has 0 aromatic carbocycles. The molecule has 0 atom stereocenters. The number of aromatic nitrogens is 3. The number of nitrogens with one attached hydrogen (secondary N) is 1. The van der Waals surface area contributed by atoms with E-state index in [4.69, 9.17) is 0 Å². The topological polar surface area (TPSA) is 42.7 Å². The molecule has 0 saturated heterocycles. The number of thiophene rings is 1. The van der Waals surface area contributed by atoms with E-state index < -0.39 is 0 Å². The van der Waals surface area contributed by atoms with Crippen LogP contribution in [0.25, 0.3) is 0 Å². The molecule has 17 heavy (non-hydrogen) atoms. The minimum Gasteiger partial charge on any atom is -0.311 e. The molecule has 0 spiro atoms. The van der Waals surface area contributed by atoms with Crippen LogP contribution in [0.3, 0.4) is 0 Å². The van der Waals surface area contributed by atoms with Gasteiger partial charge in [0, 0.05) is 16.3 Å². The largest absolute Gasteiger partial charge is 0.311 e. The molecule has 2 rings (SSSR count). The lowest BCUT2D eigenvalue weighted by atomic mass is 10.3. The number of nitrogens with zero attached hydrogens (tertiary/aromatic N) is 3. The number of hydrogen-bond donors (Lipinski definition) is 1. The summed E-state index contributed by atoms with van der Waals surface area (Å²) in [5.74, 6) is 0. The first kappa shape index (κ1) is 12.3. The van der Waals surface area contributed by atoms with Gasteiger partial charge in [0.25, 0.3) is 0 Å². The molecule has 4 nitrogen and oxygen atoms in total. The van der Waals surface area contributed by atoms with Crippen molar-refractivity contribution in [3.8, 4) is 0 Å². The van der Waals surface area contributed by atoms with Crippen molar-refractivity contribution < 1.29 is 0 Å². The maximum Gasteiger partial charge on any atom is 0.0964 e. The Balaban J connectivity index is 1.96. The van der Waals surface area contributed by atoms with Gasteiger partial charge in [0.2, 0.25) is 0 Å². The first-order chi connectivity index (χ1) is 8.31. The summed E-state index contributed by atoms with van der Waals surface area (Å²) in [7, 11) is 0. The molecule has 1 N–H and O–H groups in total. The molecule has 0 saturated carbocycles. The van der Waals surface area contributed by atoms with Crippen LogP contribution in [0.1, 0.15) is 29.3 Å². The summed E-state index contributed by atoms with van der Waals surface area (Å²) in [6.45, 7) is 6.84. The number of aryl methyl sites for hydroxylation is 1. The van der Waals surface area contributed by atoms with Gasteiger partial charge in [0.05, 0.1) is 18.4 Å². The zero-order chi connectivity index (χ0) is 12.1. The number of rotatable bonds is 6. The second-order valence-corrected chi connectivity index (χ2v) is 5.16. The van der Waals surface area contributed by atoms with Gasteiger partial charge in [-0.15, -0.1) is 16.4 Å². The number of hydrogen-bond acceptors (Lipinski definition) is 4. The van der Waals surface area contributed by atoms with Crippen LogP contribution in [0.5, 0.6) is 0 Å². The van der Waals surface area contributed by atoms with Crippen LogP contribution >= 0.6 is 11.3 Å². The highest BCUT2D eigenvalue weighted by molar-refractivity contribution is 7.11. The van der Waals surface area contributed by atoms with Gasteiger partial charge in [-0.2, -0.15) is 0 Å². The average molecular weight is 250 g/mol. The molecule has 92 valence electrons. The van der Waals surface area contributed by atoms with E-state index in [1.54, 1.807) is 0 Å². The molecule has 0 unspecified atom stereocenters. The van der Waals surface area contributed by atoms with Crippen molar-refractivity contribution in [1.82, 2.24) is 20.3 Å². The molecule has 0 aliphatic carbocycles. The van der Waals surface area contributed by atoms with E-state index in [0.717, 1.165) is 31.7 Å². The highest BCUT2D eigenvalue weighted by Crippen LogP contribution is 2.17. The lowest BCUT2D eigenvalue weighted by Crippen LogP contribution is -2.11. The standard InChI is InChI=1S/C12H18N4S/c1-3-11-5-6-12(17-11)9-16-8-10(14-15-16)7-13-4-2/h5-6,8,13H,3-4,7,9H2,1-2H3. The fraction of sp³-hybridized carbons (Fsp3) is 0.500. The summed E-state index contributed by atoms with van der Waals surface area (Å²) in [6.07, 6.45) is 3.11. The summed E-state index contributed by atoms with van der Waals surface area (Å²) in [6, 6.07) is 4.37. The Bertz CT molecular complexity index is 461. The van der Waals surface area contributed by atoms with Crippen molar-refractivity contribution in [2.45, 2.75) is 33.4 Å². The quantitative estimate of drug-likeness (QED) is 0.853. The highest BCUT2D eigenvalue weighted by Gasteiger charge is 2.03. The van der Waals surface area contributed by atoms with Crippen molar-refractivity contribution in [1.29, 1.82) is 0 Å². The van der Waals surface area contributed by atoms with Crippen LogP contribution < -0.4 is 5.32 Å². The van der Waals surface area contributed by atoms with E-state index >= 15 is 0 Å². The van der Waals surface area contributed by atoms with Crippen LogP contribution in [-0.4, -0.2) is 21.5 Å². The lowest BCUT2D eigenvalue weighted by Gasteiger charge is -1.96. The first-order valence-corrected chi connectivity index (χ1v) is 6.80. The highest BCUT2D eigenvalue weighted by atomic mass is 32.1. The molecule has 0 bridgehead atoms. The van der Waals surface area contributed by atoms with E-state index in [1.807, 2.05) is 22.2 Å². The van der Waals surface area contributed by atoms with Crippen molar-refractivity contribution in [3.05, 3.63) is 33.8 Å². The van der Waals surface area contributed by atoms with Gasteiger partial charge in [-0.25, -0.2) is 4.68 Å². The molecular formula is C12H18N4S. The molecule has 2 heterocycles. The first-order valence-electron chi connectivity index (χ1n) is 5.99. The van der Waals surface area contributed by atoms with Crippen LogP contribution in [0.15, 0.2) is 18.3 Å². The van der Waals surface area contributed by atoms with Gasteiger partial charge < -0.3 is 5.32 Å². The third-order valence-electron chi connectivity index (χ3n) is 2.53. The molecular weight excluding hydrogens is 232 g/mol. The second-order valence-electron chi connectivity index (χ2n) is 3.91. The molecule has 5 heteroatoms. The fourth-order valence-electron chi connectivity index (χ4n) is 1.61. The van der Waals surface area contributed by atoms with Crippen LogP contribution in [0.4, 0.5) is 0 Å². The van der Waals surface area contributed by atoms with E-state index in [0.29, 0.717) is 0 Å². The van der Waals surface area contributed by atoms with Gasteiger partial charge >= 0.3 is 0 Å². The molecule has 0 aliphatic rings. The van der Waals surface area contributed by atoms with Gasteiger partial charge in [0.15, 0.2) is 0 Å². The Kier molecular flexibility index (Phi) is 4.28. The third-order valence-corrected chi connectivity index (χ3v) is 3.74. The van der Waals surface area contributed by atoms with Gasteiger partial charge in [0.1, 0.15) is 0 Å². The predicted molar refractivity (Wildman–Crippen MR) is 70.2 cm³/mol.